The zero-order valence-corrected chi connectivity index (χ0v) is 11.8. The lowest BCUT2D eigenvalue weighted by Gasteiger charge is -2.01. The van der Waals surface area contributed by atoms with Crippen LogP contribution in [0, 0.1) is 0 Å². The summed E-state index contributed by atoms with van der Waals surface area (Å²) in [5.41, 5.74) is 7.54. The largest absolute Gasteiger partial charge is 0.380 e. The van der Waals surface area contributed by atoms with Crippen LogP contribution in [0.3, 0.4) is 0 Å². The minimum atomic E-state index is 0.412. The Bertz CT molecular complexity index is 662. The maximum atomic E-state index is 5.90. The first-order chi connectivity index (χ1) is 9.84. The van der Waals surface area contributed by atoms with Crippen molar-refractivity contribution in [2.45, 2.75) is 19.3 Å². The zero-order valence-electron chi connectivity index (χ0n) is 11.0. The molecule has 0 saturated heterocycles. The Balaban J connectivity index is 1.74. The average Bonchev–Trinajstić information content (AvgIpc) is 3.10. The number of hydrogen-bond acceptors (Lipinski definition) is 5. The van der Waals surface area contributed by atoms with Gasteiger partial charge in [-0.05, 0) is 36.4 Å². The SMILES string of the molecule is Nc1noc(CCCc2cccs2)c1-c1ccccn1. The van der Waals surface area contributed by atoms with E-state index in [1.165, 1.54) is 4.88 Å². The molecule has 20 heavy (non-hydrogen) atoms. The van der Waals surface area contributed by atoms with E-state index in [1.54, 1.807) is 17.5 Å². The van der Waals surface area contributed by atoms with Gasteiger partial charge in [0, 0.05) is 17.5 Å². The molecule has 3 heterocycles. The molecular weight excluding hydrogens is 270 g/mol. The van der Waals surface area contributed by atoms with Gasteiger partial charge < -0.3 is 10.3 Å². The molecule has 0 atom stereocenters. The Morgan fingerprint density at radius 2 is 2.10 bits per heavy atom. The lowest BCUT2D eigenvalue weighted by molar-refractivity contribution is 0.384. The molecule has 0 aliphatic rings. The Labute approximate surface area is 121 Å². The van der Waals surface area contributed by atoms with E-state index in [0.717, 1.165) is 36.3 Å². The van der Waals surface area contributed by atoms with Crippen LogP contribution in [0.5, 0.6) is 0 Å². The number of pyridine rings is 1. The molecule has 3 rings (SSSR count). The fraction of sp³-hybridized carbons (Fsp3) is 0.200. The molecule has 2 N–H and O–H groups in total. The number of aromatic nitrogens is 2. The van der Waals surface area contributed by atoms with Gasteiger partial charge in [-0.1, -0.05) is 17.3 Å². The molecule has 4 nitrogen and oxygen atoms in total. The molecule has 0 radical (unpaired) electrons. The number of anilines is 1. The number of aryl methyl sites for hydroxylation is 2. The Morgan fingerprint density at radius 1 is 1.15 bits per heavy atom. The second kappa shape index (κ2) is 5.88. The second-order valence-corrected chi connectivity index (χ2v) is 5.55. The maximum absolute atomic E-state index is 5.90. The van der Waals surface area contributed by atoms with Crippen molar-refractivity contribution in [2.75, 3.05) is 5.73 Å². The summed E-state index contributed by atoms with van der Waals surface area (Å²) in [4.78, 5) is 5.71. The molecule has 0 saturated carbocycles. The van der Waals surface area contributed by atoms with Gasteiger partial charge in [0.1, 0.15) is 5.76 Å². The summed E-state index contributed by atoms with van der Waals surface area (Å²) in [6, 6.07) is 9.96. The maximum Gasteiger partial charge on any atom is 0.176 e. The minimum Gasteiger partial charge on any atom is -0.380 e. The van der Waals surface area contributed by atoms with Crippen LogP contribution in [0.2, 0.25) is 0 Å². The molecular formula is C15H15N3OS. The molecule has 0 fully saturated rings. The van der Waals surface area contributed by atoms with Gasteiger partial charge in [-0.15, -0.1) is 11.3 Å². The lowest BCUT2D eigenvalue weighted by Crippen LogP contribution is -1.93. The van der Waals surface area contributed by atoms with Gasteiger partial charge in [-0.2, -0.15) is 0 Å². The lowest BCUT2D eigenvalue weighted by atomic mass is 10.1. The quantitative estimate of drug-likeness (QED) is 0.778. The normalized spacial score (nSPS) is 10.8. The van der Waals surface area contributed by atoms with E-state index in [1.807, 2.05) is 18.2 Å². The van der Waals surface area contributed by atoms with E-state index < -0.39 is 0 Å². The first kappa shape index (κ1) is 12.9. The Kier molecular flexibility index (Phi) is 3.78. The van der Waals surface area contributed by atoms with Crippen molar-refractivity contribution >= 4 is 17.2 Å². The Morgan fingerprint density at radius 3 is 2.85 bits per heavy atom. The predicted octanol–water partition coefficient (Wildman–Crippen LogP) is 3.56. The van der Waals surface area contributed by atoms with Crippen LogP contribution in [0.4, 0.5) is 5.82 Å². The summed E-state index contributed by atoms with van der Waals surface area (Å²) in [5.74, 6) is 1.23. The topological polar surface area (TPSA) is 64.9 Å². The van der Waals surface area contributed by atoms with Crippen LogP contribution in [-0.2, 0) is 12.8 Å². The third kappa shape index (κ3) is 2.72. The van der Waals surface area contributed by atoms with Gasteiger partial charge in [0.05, 0.1) is 11.3 Å². The molecule has 0 amide bonds. The number of rotatable bonds is 5. The summed E-state index contributed by atoms with van der Waals surface area (Å²) in [6.45, 7) is 0. The molecule has 0 aromatic carbocycles. The van der Waals surface area contributed by atoms with Gasteiger partial charge in [-0.3, -0.25) is 4.98 Å². The van der Waals surface area contributed by atoms with E-state index in [2.05, 4.69) is 27.7 Å². The van der Waals surface area contributed by atoms with Crippen LogP contribution in [0.1, 0.15) is 17.1 Å². The van der Waals surface area contributed by atoms with E-state index >= 15 is 0 Å². The summed E-state index contributed by atoms with van der Waals surface area (Å²) < 4.78 is 5.36. The summed E-state index contributed by atoms with van der Waals surface area (Å²) in [6.07, 6.45) is 4.61. The highest BCUT2D eigenvalue weighted by Gasteiger charge is 2.16. The number of nitrogen functional groups attached to an aromatic ring is 1. The summed E-state index contributed by atoms with van der Waals surface area (Å²) >= 11 is 1.78. The number of thiophene rings is 1. The molecule has 0 bridgehead atoms. The highest BCUT2D eigenvalue weighted by molar-refractivity contribution is 7.09. The molecule has 3 aromatic heterocycles. The van der Waals surface area contributed by atoms with Crippen LogP contribution in [-0.4, -0.2) is 10.1 Å². The van der Waals surface area contributed by atoms with Crippen molar-refractivity contribution in [3.05, 3.63) is 52.5 Å². The average molecular weight is 285 g/mol. The van der Waals surface area contributed by atoms with Crippen molar-refractivity contribution in [3.8, 4) is 11.3 Å². The van der Waals surface area contributed by atoms with Gasteiger partial charge >= 0.3 is 0 Å². The number of nitrogens with zero attached hydrogens (tertiary/aromatic N) is 2. The Hall–Kier alpha value is -2.14. The first-order valence-corrected chi connectivity index (χ1v) is 7.40. The minimum absolute atomic E-state index is 0.412. The van der Waals surface area contributed by atoms with E-state index in [9.17, 15) is 0 Å². The summed E-state index contributed by atoms with van der Waals surface area (Å²) in [5, 5.41) is 5.97. The number of hydrogen-bond donors (Lipinski definition) is 1. The summed E-state index contributed by atoms with van der Waals surface area (Å²) in [7, 11) is 0. The highest BCUT2D eigenvalue weighted by atomic mass is 32.1. The van der Waals surface area contributed by atoms with E-state index in [4.69, 9.17) is 10.3 Å². The predicted molar refractivity (Wildman–Crippen MR) is 80.5 cm³/mol. The molecule has 3 aromatic rings. The zero-order chi connectivity index (χ0) is 13.8. The third-order valence-corrected chi connectivity index (χ3v) is 4.05. The van der Waals surface area contributed by atoms with Crippen molar-refractivity contribution in [1.82, 2.24) is 10.1 Å². The van der Waals surface area contributed by atoms with Crippen LogP contribution < -0.4 is 5.73 Å². The third-order valence-electron chi connectivity index (χ3n) is 3.12. The monoisotopic (exact) mass is 285 g/mol. The van der Waals surface area contributed by atoms with Crippen molar-refractivity contribution in [2.24, 2.45) is 0 Å². The van der Waals surface area contributed by atoms with Crippen LogP contribution in [0.25, 0.3) is 11.3 Å². The van der Waals surface area contributed by atoms with Gasteiger partial charge in [0.15, 0.2) is 5.82 Å². The van der Waals surface area contributed by atoms with Crippen LogP contribution >= 0.6 is 11.3 Å². The standard InChI is InChI=1S/C15H15N3OS/c16-15-14(12-7-1-2-9-17-12)13(19-18-15)8-3-5-11-6-4-10-20-11/h1-2,4,6-7,9-10H,3,5,8H2,(H2,16,18). The molecule has 0 aliphatic heterocycles. The highest BCUT2D eigenvalue weighted by Crippen LogP contribution is 2.29. The second-order valence-electron chi connectivity index (χ2n) is 4.51. The molecule has 0 unspecified atom stereocenters. The molecule has 0 spiro atoms. The fourth-order valence-corrected chi connectivity index (χ4v) is 2.92. The fourth-order valence-electron chi connectivity index (χ4n) is 2.17. The van der Waals surface area contributed by atoms with E-state index in [-0.39, 0.29) is 0 Å². The number of nitrogens with two attached hydrogens (primary N) is 1. The van der Waals surface area contributed by atoms with Gasteiger partial charge in [-0.25, -0.2) is 0 Å². The molecule has 5 heteroatoms. The first-order valence-electron chi connectivity index (χ1n) is 6.52. The van der Waals surface area contributed by atoms with Gasteiger partial charge in [0.25, 0.3) is 0 Å². The van der Waals surface area contributed by atoms with E-state index in [0.29, 0.717) is 5.82 Å². The van der Waals surface area contributed by atoms with Crippen LogP contribution in [0.15, 0.2) is 46.4 Å². The van der Waals surface area contributed by atoms with Crippen molar-refractivity contribution in [3.63, 3.8) is 0 Å². The van der Waals surface area contributed by atoms with Gasteiger partial charge in [0.2, 0.25) is 0 Å². The smallest absolute Gasteiger partial charge is 0.176 e. The van der Waals surface area contributed by atoms with Crippen molar-refractivity contribution < 1.29 is 4.52 Å². The van der Waals surface area contributed by atoms with Crippen molar-refractivity contribution in [1.29, 1.82) is 0 Å². The molecule has 0 aliphatic carbocycles. The molecule has 102 valence electrons.